The van der Waals surface area contributed by atoms with E-state index in [9.17, 15) is 13.2 Å². The Morgan fingerprint density at radius 2 is 2.00 bits per heavy atom. The Balaban J connectivity index is 2.28. The van der Waals surface area contributed by atoms with Crippen LogP contribution in [0.4, 0.5) is 18.9 Å². The van der Waals surface area contributed by atoms with Gasteiger partial charge in [0.25, 0.3) is 0 Å². The lowest BCUT2D eigenvalue weighted by Crippen LogP contribution is -2.18. The highest BCUT2D eigenvalue weighted by molar-refractivity contribution is 7.09. The second-order valence-electron chi connectivity index (χ2n) is 4.81. The number of halogens is 3. The van der Waals surface area contributed by atoms with Crippen molar-refractivity contribution < 1.29 is 13.2 Å². The van der Waals surface area contributed by atoms with E-state index in [1.165, 1.54) is 12.1 Å². The van der Waals surface area contributed by atoms with Crippen LogP contribution in [-0.2, 0) is 19.1 Å². The van der Waals surface area contributed by atoms with Crippen molar-refractivity contribution in [2.24, 2.45) is 5.73 Å². The van der Waals surface area contributed by atoms with Crippen LogP contribution >= 0.6 is 11.3 Å². The molecule has 0 amide bonds. The molecule has 1 heterocycles. The fourth-order valence-corrected chi connectivity index (χ4v) is 2.92. The van der Waals surface area contributed by atoms with E-state index in [1.54, 1.807) is 24.5 Å². The summed E-state index contributed by atoms with van der Waals surface area (Å²) in [5.41, 5.74) is 5.59. The summed E-state index contributed by atoms with van der Waals surface area (Å²) in [5, 5.41) is 1.95. The number of alkyl halides is 3. The van der Waals surface area contributed by atoms with E-state index in [1.807, 2.05) is 22.4 Å². The van der Waals surface area contributed by atoms with Crippen molar-refractivity contribution in [1.82, 2.24) is 0 Å². The molecule has 0 aliphatic heterocycles. The number of nitrogens with zero attached hydrogens (tertiary/aromatic N) is 1. The fraction of sp³-hybridized carbons (Fsp3) is 0.333. The minimum absolute atomic E-state index is 0.202. The third-order valence-corrected chi connectivity index (χ3v) is 4.09. The van der Waals surface area contributed by atoms with Gasteiger partial charge in [0.2, 0.25) is 0 Å². The Morgan fingerprint density at radius 3 is 2.57 bits per heavy atom. The molecule has 0 unspecified atom stereocenters. The third-order valence-electron chi connectivity index (χ3n) is 3.23. The Hall–Kier alpha value is -1.53. The highest BCUT2D eigenvalue weighted by atomic mass is 32.1. The number of rotatable bonds is 5. The molecule has 0 bridgehead atoms. The summed E-state index contributed by atoms with van der Waals surface area (Å²) >= 11 is 1.59. The van der Waals surface area contributed by atoms with Gasteiger partial charge in [-0.25, -0.2) is 0 Å². The zero-order chi connectivity index (χ0) is 15.5. The van der Waals surface area contributed by atoms with Gasteiger partial charge in [-0.05, 0) is 42.1 Å². The summed E-state index contributed by atoms with van der Waals surface area (Å²) in [7, 11) is 1.79. The lowest BCUT2D eigenvalue weighted by Gasteiger charge is -2.21. The van der Waals surface area contributed by atoms with E-state index in [2.05, 4.69) is 0 Å². The Kier molecular flexibility index (Phi) is 4.90. The second-order valence-corrected chi connectivity index (χ2v) is 5.85. The molecule has 0 spiro atoms. The molecular weight excluding hydrogens is 297 g/mol. The summed E-state index contributed by atoms with van der Waals surface area (Å²) in [6.07, 6.45) is -4.13. The molecule has 0 fully saturated rings. The molecule has 0 radical (unpaired) electrons. The van der Waals surface area contributed by atoms with Crippen LogP contribution in [0.15, 0.2) is 35.7 Å². The third kappa shape index (κ3) is 3.98. The number of nitrogens with two attached hydrogens (primary N) is 1. The smallest absolute Gasteiger partial charge is 0.369 e. The van der Waals surface area contributed by atoms with Crippen LogP contribution in [0.3, 0.4) is 0 Å². The minimum atomic E-state index is -4.36. The minimum Gasteiger partial charge on any atom is -0.369 e. The summed E-state index contributed by atoms with van der Waals surface area (Å²) < 4.78 is 39.4. The standard InChI is InChI=1S/C15H17F3N2S/c1-20(10-13-3-2-8-21-13)12-5-4-11(6-7-19)14(9-12)15(16,17)18/h2-5,8-9H,6-7,10,19H2,1H3. The largest absolute Gasteiger partial charge is 0.416 e. The van der Waals surface area contributed by atoms with E-state index in [0.29, 0.717) is 12.2 Å². The molecule has 6 heteroatoms. The van der Waals surface area contributed by atoms with E-state index >= 15 is 0 Å². The zero-order valence-corrected chi connectivity index (χ0v) is 12.5. The van der Waals surface area contributed by atoms with Crippen LogP contribution in [0.5, 0.6) is 0 Å². The predicted molar refractivity (Wildman–Crippen MR) is 80.6 cm³/mol. The van der Waals surface area contributed by atoms with Gasteiger partial charge in [0, 0.05) is 17.6 Å². The van der Waals surface area contributed by atoms with E-state index in [4.69, 9.17) is 5.73 Å². The van der Waals surface area contributed by atoms with Gasteiger partial charge in [-0.15, -0.1) is 11.3 Å². The van der Waals surface area contributed by atoms with Crippen LogP contribution in [0.25, 0.3) is 0 Å². The first-order valence-electron chi connectivity index (χ1n) is 6.55. The SMILES string of the molecule is CN(Cc1cccs1)c1ccc(CCN)c(C(F)(F)F)c1. The van der Waals surface area contributed by atoms with Crippen LogP contribution in [0.1, 0.15) is 16.0 Å². The molecule has 21 heavy (non-hydrogen) atoms. The van der Waals surface area contributed by atoms with Crippen molar-refractivity contribution in [1.29, 1.82) is 0 Å². The monoisotopic (exact) mass is 314 g/mol. The first-order chi connectivity index (χ1) is 9.91. The highest BCUT2D eigenvalue weighted by Crippen LogP contribution is 2.35. The first-order valence-corrected chi connectivity index (χ1v) is 7.43. The number of benzene rings is 1. The van der Waals surface area contributed by atoms with Gasteiger partial charge < -0.3 is 10.6 Å². The number of anilines is 1. The molecule has 0 aliphatic rings. The maximum Gasteiger partial charge on any atom is 0.416 e. The molecule has 0 saturated heterocycles. The van der Waals surface area contributed by atoms with Gasteiger partial charge in [0.15, 0.2) is 0 Å². The molecule has 114 valence electrons. The Morgan fingerprint density at radius 1 is 1.24 bits per heavy atom. The molecule has 1 aromatic carbocycles. The second kappa shape index (κ2) is 6.49. The van der Waals surface area contributed by atoms with Crippen molar-refractivity contribution in [2.75, 3.05) is 18.5 Å². The average Bonchev–Trinajstić information content (AvgIpc) is 2.91. The number of hydrogen-bond donors (Lipinski definition) is 1. The average molecular weight is 314 g/mol. The molecule has 0 aliphatic carbocycles. The van der Waals surface area contributed by atoms with Crippen LogP contribution in [0.2, 0.25) is 0 Å². The fourth-order valence-electron chi connectivity index (χ4n) is 2.17. The van der Waals surface area contributed by atoms with E-state index in [-0.39, 0.29) is 18.5 Å². The topological polar surface area (TPSA) is 29.3 Å². The normalized spacial score (nSPS) is 11.7. The van der Waals surface area contributed by atoms with Gasteiger partial charge in [0.05, 0.1) is 12.1 Å². The van der Waals surface area contributed by atoms with Crippen molar-refractivity contribution >= 4 is 17.0 Å². The van der Waals surface area contributed by atoms with Gasteiger partial charge in [-0.1, -0.05) is 12.1 Å². The molecule has 2 nitrogen and oxygen atoms in total. The van der Waals surface area contributed by atoms with Gasteiger partial charge in [-0.3, -0.25) is 0 Å². The molecule has 0 atom stereocenters. The van der Waals surface area contributed by atoms with Crippen molar-refractivity contribution in [3.63, 3.8) is 0 Å². The van der Waals surface area contributed by atoms with E-state index < -0.39 is 11.7 Å². The molecular formula is C15H17F3N2S. The summed E-state index contributed by atoms with van der Waals surface area (Å²) in [6, 6.07) is 8.34. The molecule has 2 aromatic rings. The Bertz CT molecular complexity index is 579. The van der Waals surface area contributed by atoms with Crippen LogP contribution < -0.4 is 10.6 Å². The highest BCUT2D eigenvalue weighted by Gasteiger charge is 2.33. The van der Waals surface area contributed by atoms with Crippen molar-refractivity contribution in [3.05, 3.63) is 51.7 Å². The van der Waals surface area contributed by atoms with Gasteiger partial charge >= 0.3 is 6.18 Å². The maximum atomic E-state index is 13.1. The molecule has 1 aromatic heterocycles. The maximum absolute atomic E-state index is 13.1. The van der Waals surface area contributed by atoms with Gasteiger partial charge in [0.1, 0.15) is 0 Å². The lowest BCUT2D eigenvalue weighted by molar-refractivity contribution is -0.138. The van der Waals surface area contributed by atoms with Crippen LogP contribution in [-0.4, -0.2) is 13.6 Å². The summed E-state index contributed by atoms with van der Waals surface area (Å²) in [4.78, 5) is 2.92. The quantitative estimate of drug-likeness (QED) is 0.907. The molecule has 2 rings (SSSR count). The predicted octanol–water partition coefficient (Wildman–Crippen LogP) is 3.90. The van der Waals surface area contributed by atoms with Crippen molar-refractivity contribution in [3.8, 4) is 0 Å². The summed E-state index contributed by atoms with van der Waals surface area (Å²) in [6.45, 7) is 0.790. The first kappa shape index (κ1) is 15.9. The Labute approximate surface area is 126 Å². The molecule has 0 saturated carbocycles. The lowest BCUT2D eigenvalue weighted by atomic mass is 10.0. The van der Waals surface area contributed by atoms with Gasteiger partial charge in [-0.2, -0.15) is 13.2 Å². The number of thiophene rings is 1. The summed E-state index contributed by atoms with van der Waals surface area (Å²) in [5.74, 6) is 0. The van der Waals surface area contributed by atoms with Crippen molar-refractivity contribution in [2.45, 2.75) is 19.1 Å². The van der Waals surface area contributed by atoms with Crippen LogP contribution in [0, 0.1) is 0 Å². The zero-order valence-electron chi connectivity index (χ0n) is 11.7. The number of hydrogen-bond acceptors (Lipinski definition) is 3. The molecule has 2 N–H and O–H groups in total. The van der Waals surface area contributed by atoms with E-state index in [0.717, 1.165) is 4.88 Å².